The topological polar surface area (TPSA) is 74.3 Å². The quantitative estimate of drug-likeness (QED) is 0.504. The van der Waals surface area contributed by atoms with E-state index < -0.39 is 23.6 Å². The Bertz CT molecular complexity index is 232. The molecule has 0 N–H and O–H groups in total. The fraction of sp³-hybridized carbons (Fsp3) is 0.625. The van der Waals surface area contributed by atoms with Crippen molar-refractivity contribution in [3.63, 3.8) is 0 Å². The maximum absolute atomic E-state index is 11.1. The Kier molecular flexibility index (Phi) is 6.15. The van der Waals surface area contributed by atoms with Crippen molar-refractivity contribution in [2.24, 2.45) is 5.41 Å². The summed E-state index contributed by atoms with van der Waals surface area (Å²) in [7, 11) is 0. The minimum atomic E-state index is -1.45. The third kappa shape index (κ3) is 4.36. The predicted molar refractivity (Wildman–Crippen MR) is 39.1 cm³/mol. The van der Waals surface area contributed by atoms with E-state index in [-0.39, 0.29) is 28.2 Å². The summed E-state index contributed by atoms with van der Waals surface area (Å²) < 4.78 is 0. The van der Waals surface area contributed by atoms with Crippen LogP contribution in [-0.2, 0) is 36.8 Å². The first-order valence-corrected chi connectivity index (χ1v) is 3.52. The zero-order chi connectivity index (χ0) is 9.94. The average Bonchev–Trinajstić information content (AvgIpc) is 1.85. The van der Waals surface area contributed by atoms with E-state index in [0.29, 0.717) is 0 Å². The van der Waals surface area contributed by atoms with Crippen LogP contribution in [0, 0.1) is 5.41 Å². The van der Waals surface area contributed by atoms with Crippen molar-refractivity contribution in [2.45, 2.75) is 27.2 Å². The minimum Gasteiger partial charge on any atom is -0.550 e. The van der Waals surface area contributed by atoms with Crippen LogP contribution in [0.2, 0.25) is 0 Å². The second-order valence-electron chi connectivity index (χ2n) is 3.15. The molecule has 0 fully saturated rings. The van der Waals surface area contributed by atoms with Crippen molar-refractivity contribution < 1.29 is 41.9 Å². The van der Waals surface area contributed by atoms with Gasteiger partial charge in [0.1, 0.15) is 5.78 Å². The molecule has 0 aliphatic heterocycles. The van der Waals surface area contributed by atoms with Crippen LogP contribution in [0.25, 0.3) is 0 Å². The Morgan fingerprint density at radius 1 is 1.23 bits per heavy atom. The van der Waals surface area contributed by atoms with E-state index in [2.05, 4.69) is 0 Å². The third-order valence-electron chi connectivity index (χ3n) is 1.88. The summed E-state index contributed by atoms with van der Waals surface area (Å²) in [6.45, 7) is 4.06. The Labute approximate surface area is 92.2 Å². The molecular weight excluding hydrogens is 268 g/mol. The molecule has 0 amide bonds. The number of hydrogen-bond acceptors (Lipinski definition) is 4. The SMILES string of the molecule is CC(=O)C(C)(C)C(=O)CC(=O)[O-].[Ag+]. The van der Waals surface area contributed by atoms with Crippen LogP contribution in [0.5, 0.6) is 0 Å². The Morgan fingerprint density at radius 3 is 1.85 bits per heavy atom. The van der Waals surface area contributed by atoms with Gasteiger partial charge in [0.15, 0.2) is 5.78 Å². The van der Waals surface area contributed by atoms with Crippen molar-refractivity contribution in [3.8, 4) is 0 Å². The molecule has 0 aromatic carbocycles. The standard InChI is InChI=1S/C8H12O4.Ag/c1-5(9)8(2,3)6(10)4-7(11)12;/h4H2,1-3H3,(H,11,12);/q;+1/p-1. The predicted octanol–water partition coefficient (Wildman–Crippen LogP) is -0.692. The van der Waals surface area contributed by atoms with Crippen LogP contribution in [0.3, 0.4) is 0 Å². The van der Waals surface area contributed by atoms with E-state index in [9.17, 15) is 19.5 Å². The monoisotopic (exact) mass is 278 g/mol. The molecular formula is C8H11AgO4. The molecule has 0 bridgehead atoms. The summed E-state index contributed by atoms with van der Waals surface area (Å²) in [6, 6.07) is 0. The Hall–Kier alpha value is -0.450. The van der Waals surface area contributed by atoms with Crippen LogP contribution in [-0.4, -0.2) is 17.5 Å². The van der Waals surface area contributed by atoms with Crippen LogP contribution < -0.4 is 5.11 Å². The molecule has 0 saturated carbocycles. The first kappa shape index (κ1) is 15.0. The number of carbonyl (C=O) groups is 3. The van der Waals surface area contributed by atoms with Crippen LogP contribution in [0.15, 0.2) is 0 Å². The number of hydrogen-bond donors (Lipinski definition) is 0. The number of rotatable bonds is 4. The number of carboxylic acid groups (broad SMARTS) is 1. The van der Waals surface area contributed by atoms with E-state index in [0.717, 1.165) is 0 Å². The Balaban J connectivity index is 0. The minimum absolute atomic E-state index is 0. The van der Waals surface area contributed by atoms with Gasteiger partial charge in [-0.1, -0.05) is 0 Å². The molecule has 5 heteroatoms. The molecule has 0 saturated heterocycles. The van der Waals surface area contributed by atoms with E-state index in [1.54, 1.807) is 0 Å². The number of carbonyl (C=O) groups excluding carboxylic acids is 3. The smallest absolute Gasteiger partial charge is 0.550 e. The van der Waals surface area contributed by atoms with Gasteiger partial charge in [0.05, 0.1) is 5.41 Å². The average molecular weight is 279 g/mol. The molecule has 0 rings (SSSR count). The zero-order valence-corrected chi connectivity index (χ0v) is 9.12. The molecule has 0 aromatic heterocycles. The molecule has 0 unspecified atom stereocenters. The fourth-order valence-corrected chi connectivity index (χ4v) is 0.548. The van der Waals surface area contributed by atoms with E-state index in [1.807, 2.05) is 0 Å². The molecule has 13 heavy (non-hydrogen) atoms. The van der Waals surface area contributed by atoms with Gasteiger partial charge in [-0.15, -0.1) is 0 Å². The first-order valence-electron chi connectivity index (χ1n) is 3.52. The number of carboxylic acids is 1. The summed E-state index contributed by atoms with van der Waals surface area (Å²) in [5, 5.41) is 10.0. The normalized spacial score (nSPS) is 10.1. The van der Waals surface area contributed by atoms with Gasteiger partial charge in [0, 0.05) is 12.4 Å². The second kappa shape index (κ2) is 5.32. The maximum Gasteiger partial charge on any atom is 1.00 e. The molecule has 0 aliphatic rings. The molecule has 0 aliphatic carbocycles. The maximum atomic E-state index is 11.1. The Morgan fingerprint density at radius 2 is 1.62 bits per heavy atom. The van der Waals surface area contributed by atoms with Crippen molar-refractivity contribution >= 4 is 17.5 Å². The van der Waals surface area contributed by atoms with E-state index >= 15 is 0 Å². The molecule has 0 radical (unpaired) electrons. The van der Waals surface area contributed by atoms with Gasteiger partial charge in [-0.3, -0.25) is 9.59 Å². The molecule has 78 valence electrons. The van der Waals surface area contributed by atoms with Crippen molar-refractivity contribution in [2.75, 3.05) is 0 Å². The molecule has 0 spiro atoms. The largest absolute Gasteiger partial charge is 1.00 e. The van der Waals surface area contributed by atoms with Gasteiger partial charge in [0.2, 0.25) is 0 Å². The summed E-state index contributed by atoms with van der Waals surface area (Å²) in [4.78, 5) is 32.0. The summed E-state index contributed by atoms with van der Waals surface area (Å²) in [6.07, 6.45) is -0.702. The number of Topliss-reactive ketones (excluding diaryl/α,β-unsaturated/α-hetero) is 2. The van der Waals surface area contributed by atoms with Crippen LogP contribution in [0.1, 0.15) is 27.2 Å². The molecule has 4 nitrogen and oxygen atoms in total. The van der Waals surface area contributed by atoms with Gasteiger partial charge < -0.3 is 9.90 Å². The number of ketones is 2. The van der Waals surface area contributed by atoms with E-state index in [4.69, 9.17) is 0 Å². The second-order valence-corrected chi connectivity index (χ2v) is 3.15. The van der Waals surface area contributed by atoms with Gasteiger partial charge in [0.25, 0.3) is 0 Å². The molecule has 0 heterocycles. The van der Waals surface area contributed by atoms with Crippen molar-refractivity contribution in [1.29, 1.82) is 0 Å². The van der Waals surface area contributed by atoms with E-state index in [1.165, 1.54) is 20.8 Å². The molecule has 0 atom stereocenters. The van der Waals surface area contributed by atoms with Crippen molar-refractivity contribution in [3.05, 3.63) is 0 Å². The van der Waals surface area contributed by atoms with Gasteiger partial charge in [-0.05, 0) is 20.8 Å². The molecule has 0 aromatic rings. The number of aliphatic carboxylic acids is 1. The van der Waals surface area contributed by atoms with Crippen molar-refractivity contribution in [1.82, 2.24) is 0 Å². The first-order chi connectivity index (χ1) is 5.28. The summed E-state index contributed by atoms with van der Waals surface area (Å²) in [5.41, 5.74) is -1.21. The van der Waals surface area contributed by atoms with Gasteiger partial charge in [-0.25, -0.2) is 0 Å². The van der Waals surface area contributed by atoms with Crippen LogP contribution >= 0.6 is 0 Å². The fourth-order valence-electron chi connectivity index (χ4n) is 0.548. The third-order valence-corrected chi connectivity index (χ3v) is 1.88. The van der Waals surface area contributed by atoms with Crippen LogP contribution in [0.4, 0.5) is 0 Å². The summed E-state index contributed by atoms with van der Waals surface area (Å²) in [5.74, 6) is -2.40. The summed E-state index contributed by atoms with van der Waals surface area (Å²) >= 11 is 0. The van der Waals surface area contributed by atoms with Gasteiger partial charge in [-0.2, -0.15) is 0 Å². The van der Waals surface area contributed by atoms with Gasteiger partial charge >= 0.3 is 22.4 Å². The zero-order valence-electron chi connectivity index (χ0n) is 7.64.